The molecule has 0 radical (unpaired) electrons. The van der Waals surface area contributed by atoms with Crippen LogP contribution >= 0.6 is 0 Å². The van der Waals surface area contributed by atoms with E-state index in [0.717, 1.165) is 0 Å². The van der Waals surface area contributed by atoms with Gasteiger partial charge in [0.05, 0.1) is 18.2 Å². The number of ether oxygens (including phenoxy) is 2. The first kappa shape index (κ1) is 21.9. The molecule has 1 aliphatic carbocycles. The van der Waals surface area contributed by atoms with Gasteiger partial charge in [-0.1, -0.05) is 0 Å². The molecule has 7 nitrogen and oxygen atoms in total. The summed E-state index contributed by atoms with van der Waals surface area (Å²) in [6.45, 7) is -3.74. The number of alkyl halides is 5. The van der Waals surface area contributed by atoms with Gasteiger partial charge in [0, 0.05) is 6.04 Å². The second-order valence-corrected chi connectivity index (χ2v) is 6.36. The van der Waals surface area contributed by atoms with Crippen molar-refractivity contribution in [3.63, 3.8) is 0 Å². The van der Waals surface area contributed by atoms with E-state index in [2.05, 4.69) is 15.0 Å². The number of carbonyl (C=O) groups is 1. The Labute approximate surface area is 157 Å². The highest BCUT2D eigenvalue weighted by Gasteiger charge is 2.41. The summed E-state index contributed by atoms with van der Waals surface area (Å²) in [5.41, 5.74) is 11.1. The van der Waals surface area contributed by atoms with Gasteiger partial charge in [-0.05, 0) is 31.7 Å². The number of nitrogens with zero attached hydrogens (tertiary/aromatic N) is 1. The van der Waals surface area contributed by atoms with Crippen LogP contribution in [0.15, 0.2) is 6.07 Å². The zero-order valence-corrected chi connectivity index (χ0v) is 14.8. The minimum absolute atomic E-state index is 0.00195. The maximum absolute atomic E-state index is 12.7. The molecule has 0 atom stereocenters. The Morgan fingerprint density at radius 2 is 1.86 bits per heavy atom. The van der Waals surface area contributed by atoms with Crippen molar-refractivity contribution in [1.29, 1.82) is 0 Å². The van der Waals surface area contributed by atoms with Crippen LogP contribution < -0.4 is 21.5 Å². The molecule has 0 aliphatic heterocycles. The fraction of sp³-hybridized carbons (Fsp3) is 0.625. The SMILES string of the molecule is Nc1cc(C(=O)NC2CCC(C(F)(F)F)CC2)c(OCCOC(F)F)nc1N. The van der Waals surface area contributed by atoms with Gasteiger partial charge in [-0.15, -0.1) is 0 Å². The lowest BCUT2D eigenvalue weighted by molar-refractivity contribution is -0.182. The molecule has 1 saturated carbocycles. The normalized spacial score (nSPS) is 20.2. The van der Waals surface area contributed by atoms with E-state index in [-0.39, 0.29) is 55.2 Å². The van der Waals surface area contributed by atoms with E-state index < -0.39 is 37.3 Å². The fourth-order valence-electron chi connectivity index (χ4n) is 2.90. The largest absolute Gasteiger partial charge is 0.475 e. The van der Waals surface area contributed by atoms with Crippen molar-refractivity contribution in [3.05, 3.63) is 11.6 Å². The van der Waals surface area contributed by atoms with Crippen molar-refractivity contribution in [2.45, 2.75) is 44.5 Å². The monoisotopic (exact) mass is 412 g/mol. The third-order valence-corrected chi connectivity index (χ3v) is 4.38. The van der Waals surface area contributed by atoms with Crippen LogP contribution in [0.25, 0.3) is 0 Å². The van der Waals surface area contributed by atoms with Gasteiger partial charge in [-0.2, -0.15) is 26.9 Å². The van der Waals surface area contributed by atoms with Crippen LogP contribution in [-0.4, -0.2) is 42.9 Å². The zero-order valence-electron chi connectivity index (χ0n) is 14.8. The molecule has 0 bridgehead atoms. The fourth-order valence-corrected chi connectivity index (χ4v) is 2.90. The second kappa shape index (κ2) is 9.22. The van der Waals surface area contributed by atoms with Crippen LogP contribution in [0.5, 0.6) is 5.88 Å². The lowest BCUT2D eigenvalue weighted by Gasteiger charge is -2.30. The smallest absolute Gasteiger partial charge is 0.391 e. The first-order chi connectivity index (χ1) is 13.1. The van der Waals surface area contributed by atoms with Crippen LogP contribution in [0.3, 0.4) is 0 Å². The molecular weight excluding hydrogens is 391 g/mol. The first-order valence-electron chi connectivity index (χ1n) is 8.54. The molecular formula is C16H21F5N4O3. The molecule has 0 aromatic carbocycles. The van der Waals surface area contributed by atoms with Gasteiger partial charge in [0.2, 0.25) is 5.88 Å². The van der Waals surface area contributed by atoms with Crippen LogP contribution in [0, 0.1) is 5.92 Å². The molecule has 1 aliphatic rings. The molecule has 0 saturated heterocycles. The Bertz CT molecular complexity index is 679. The quantitative estimate of drug-likeness (QED) is 0.469. The number of aromatic nitrogens is 1. The molecule has 2 rings (SSSR count). The number of nitrogens with two attached hydrogens (primary N) is 2. The Kier molecular flexibility index (Phi) is 7.22. The number of hydrogen-bond donors (Lipinski definition) is 3. The van der Waals surface area contributed by atoms with Gasteiger partial charge < -0.3 is 26.3 Å². The van der Waals surface area contributed by atoms with Crippen LogP contribution in [0.1, 0.15) is 36.0 Å². The van der Waals surface area contributed by atoms with Crippen molar-refractivity contribution in [2.75, 3.05) is 24.7 Å². The second-order valence-electron chi connectivity index (χ2n) is 6.36. The van der Waals surface area contributed by atoms with Crippen LogP contribution in [0.2, 0.25) is 0 Å². The van der Waals surface area contributed by atoms with Crippen molar-refractivity contribution in [1.82, 2.24) is 10.3 Å². The molecule has 158 valence electrons. The average molecular weight is 412 g/mol. The van der Waals surface area contributed by atoms with Crippen LogP contribution in [0.4, 0.5) is 33.5 Å². The third-order valence-electron chi connectivity index (χ3n) is 4.38. The minimum atomic E-state index is -4.24. The van der Waals surface area contributed by atoms with E-state index in [1.165, 1.54) is 6.07 Å². The molecule has 1 aromatic heterocycles. The molecule has 1 aromatic rings. The van der Waals surface area contributed by atoms with Gasteiger partial charge in [0.15, 0.2) is 5.82 Å². The van der Waals surface area contributed by atoms with Gasteiger partial charge in [0.25, 0.3) is 5.91 Å². The summed E-state index contributed by atoms with van der Waals surface area (Å²) in [6, 6.07) is 0.766. The molecule has 1 fully saturated rings. The number of amides is 1. The van der Waals surface area contributed by atoms with Crippen LogP contribution in [-0.2, 0) is 4.74 Å². The number of nitrogens with one attached hydrogen (secondary N) is 1. The number of carbonyl (C=O) groups excluding carboxylic acids is 1. The number of halogens is 5. The molecule has 1 heterocycles. The maximum atomic E-state index is 12.7. The highest BCUT2D eigenvalue weighted by Crippen LogP contribution is 2.37. The average Bonchev–Trinajstić information content (AvgIpc) is 2.60. The molecule has 5 N–H and O–H groups in total. The molecule has 28 heavy (non-hydrogen) atoms. The third kappa shape index (κ3) is 6.08. The summed E-state index contributed by atoms with van der Waals surface area (Å²) in [5, 5.41) is 2.63. The van der Waals surface area contributed by atoms with Crippen molar-refractivity contribution in [3.8, 4) is 5.88 Å². The highest BCUT2D eigenvalue weighted by atomic mass is 19.4. The summed E-state index contributed by atoms with van der Waals surface area (Å²) in [6.07, 6.45) is -4.06. The summed E-state index contributed by atoms with van der Waals surface area (Å²) in [4.78, 5) is 16.3. The van der Waals surface area contributed by atoms with Crippen molar-refractivity contribution in [2.24, 2.45) is 5.92 Å². The van der Waals surface area contributed by atoms with E-state index in [0.29, 0.717) is 0 Å². The summed E-state index contributed by atoms with van der Waals surface area (Å²) >= 11 is 0. The van der Waals surface area contributed by atoms with E-state index in [1.807, 2.05) is 0 Å². The first-order valence-corrected chi connectivity index (χ1v) is 8.54. The minimum Gasteiger partial charge on any atom is -0.475 e. The Morgan fingerprint density at radius 1 is 1.21 bits per heavy atom. The summed E-state index contributed by atoms with van der Waals surface area (Å²) < 4.78 is 71.4. The molecule has 0 unspecified atom stereocenters. The topological polar surface area (TPSA) is 112 Å². The van der Waals surface area contributed by atoms with E-state index in [1.54, 1.807) is 0 Å². The standard InChI is InChI=1S/C16H21F5N4O3/c17-15(18)28-6-5-27-14-10(7-11(22)12(23)25-14)13(26)24-9-3-1-8(2-4-9)16(19,20)21/h7-9,15H,1-6,22H2,(H2,23,25)(H,24,26). The number of nitrogen functional groups attached to an aromatic ring is 2. The number of anilines is 2. The molecule has 12 heteroatoms. The lowest BCUT2D eigenvalue weighted by atomic mass is 9.85. The van der Waals surface area contributed by atoms with Crippen molar-refractivity contribution < 1.29 is 36.2 Å². The van der Waals surface area contributed by atoms with E-state index in [4.69, 9.17) is 16.2 Å². The molecule has 0 spiro atoms. The van der Waals surface area contributed by atoms with Gasteiger partial charge >= 0.3 is 12.8 Å². The van der Waals surface area contributed by atoms with E-state index in [9.17, 15) is 26.7 Å². The predicted octanol–water partition coefficient (Wildman–Crippen LogP) is 2.71. The Balaban J connectivity index is 2.00. The highest BCUT2D eigenvalue weighted by molar-refractivity contribution is 5.98. The lowest BCUT2D eigenvalue weighted by Crippen LogP contribution is -2.40. The van der Waals surface area contributed by atoms with Gasteiger partial charge in [-0.3, -0.25) is 4.79 Å². The predicted molar refractivity (Wildman–Crippen MR) is 89.8 cm³/mol. The Hall–Kier alpha value is -2.37. The number of rotatable bonds is 7. The number of hydrogen-bond acceptors (Lipinski definition) is 6. The Morgan fingerprint density at radius 3 is 2.43 bits per heavy atom. The van der Waals surface area contributed by atoms with Crippen molar-refractivity contribution >= 4 is 17.4 Å². The number of pyridine rings is 1. The summed E-state index contributed by atoms with van der Waals surface area (Å²) in [5.74, 6) is -2.37. The zero-order chi connectivity index (χ0) is 20.9. The van der Waals surface area contributed by atoms with Gasteiger partial charge in [-0.25, -0.2) is 0 Å². The van der Waals surface area contributed by atoms with E-state index >= 15 is 0 Å². The molecule has 1 amide bonds. The summed E-state index contributed by atoms with van der Waals surface area (Å²) in [7, 11) is 0. The van der Waals surface area contributed by atoms with Gasteiger partial charge in [0.1, 0.15) is 12.2 Å². The maximum Gasteiger partial charge on any atom is 0.391 e.